The van der Waals surface area contributed by atoms with Crippen molar-refractivity contribution in [3.8, 4) is 5.75 Å². The van der Waals surface area contributed by atoms with E-state index in [1.165, 1.54) is 0 Å². The quantitative estimate of drug-likeness (QED) is 0.925. The van der Waals surface area contributed by atoms with Crippen molar-refractivity contribution in [1.29, 1.82) is 0 Å². The number of halogens is 1. The van der Waals surface area contributed by atoms with Crippen LogP contribution >= 0.6 is 15.9 Å². The van der Waals surface area contributed by atoms with Crippen LogP contribution < -0.4 is 4.74 Å². The van der Waals surface area contributed by atoms with Crippen LogP contribution in [0.1, 0.15) is 23.1 Å². The molecule has 0 aliphatic heterocycles. The molecule has 0 heterocycles. The summed E-state index contributed by atoms with van der Waals surface area (Å²) in [5, 5.41) is 8.70. The number of aryl methyl sites for hydroxylation is 1. The predicted molar refractivity (Wildman–Crippen MR) is 66.1 cm³/mol. The van der Waals surface area contributed by atoms with E-state index in [2.05, 4.69) is 15.9 Å². The molecule has 1 N–H and O–H groups in total. The highest BCUT2D eigenvalue weighted by Gasteiger charge is 2.13. The number of benzene rings is 1. The second kappa shape index (κ2) is 5.34. The van der Waals surface area contributed by atoms with Gasteiger partial charge in [0.25, 0.3) is 0 Å². The molecule has 0 saturated heterocycles. The van der Waals surface area contributed by atoms with E-state index in [-0.39, 0.29) is 6.42 Å². The Morgan fingerprint density at radius 1 is 1.50 bits per heavy atom. The van der Waals surface area contributed by atoms with Crippen LogP contribution in [0.3, 0.4) is 0 Å². The lowest BCUT2D eigenvalue weighted by atomic mass is 9.99. The molecule has 0 aliphatic carbocycles. The van der Waals surface area contributed by atoms with Gasteiger partial charge in [0.05, 0.1) is 7.11 Å². The Morgan fingerprint density at radius 2 is 2.12 bits per heavy atom. The third kappa shape index (κ3) is 2.76. The van der Waals surface area contributed by atoms with Crippen LogP contribution in [-0.2, 0) is 11.2 Å². The Kier molecular flexibility index (Phi) is 4.35. The number of ether oxygens (including phenoxy) is 1. The summed E-state index contributed by atoms with van der Waals surface area (Å²) in [5.74, 6) is -0.00449. The Hall–Kier alpha value is -1.03. The summed E-state index contributed by atoms with van der Waals surface area (Å²) < 4.78 is 6.33. The van der Waals surface area contributed by atoms with Gasteiger partial charge < -0.3 is 9.84 Å². The Morgan fingerprint density at radius 3 is 2.62 bits per heavy atom. The molecule has 0 saturated carbocycles. The van der Waals surface area contributed by atoms with Crippen LogP contribution in [0.25, 0.3) is 0 Å². The molecule has 0 unspecified atom stereocenters. The SMILES string of the molecule is COc1c(C)c(Br)cc(C)c1CCC(=O)O. The molecular formula is C12H15BrO3. The Labute approximate surface area is 104 Å². The monoisotopic (exact) mass is 286 g/mol. The van der Waals surface area contributed by atoms with Crippen molar-refractivity contribution in [1.82, 2.24) is 0 Å². The zero-order valence-corrected chi connectivity index (χ0v) is 11.2. The lowest BCUT2D eigenvalue weighted by Crippen LogP contribution is -2.03. The van der Waals surface area contributed by atoms with E-state index in [1.807, 2.05) is 19.9 Å². The average molecular weight is 287 g/mol. The first-order valence-corrected chi connectivity index (χ1v) is 5.81. The van der Waals surface area contributed by atoms with Gasteiger partial charge in [0.15, 0.2) is 0 Å². The second-order valence-electron chi connectivity index (χ2n) is 3.71. The van der Waals surface area contributed by atoms with E-state index in [9.17, 15) is 4.79 Å². The van der Waals surface area contributed by atoms with Crippen LogP contribution in [0.4, 0.5) is 0 Å². The maximum absolute atomic E-state index is 10.6. The number of hydrogen-bond acceptors (Lipinski definition) is 2. The molecule has 16 heavy (non-hydrogen) atoms. The fraction of sp³-hybridized carbons (Fsp3) is 0.417. The van der Waals surface area contributed by atoms with Crippen molar-refractivity contribution in [3.63, 3.8) is 0 Å². The number of carbonyl (C=O) groups is 1. The van der Waals surface area contributed by atoms with E-state index in [4.69, 9.17) is 9.84 Å². The van der Waals surface area contributed by atoms with Gasteiger partial charge in [0.2, 0.25) is 0 Å². The van der Waals surface area contributed by atoms with Crippen LogP contribution in [0.5, 0.6) is 5.75 Å². The molecule has 1 aromatic rings. The van der Waals surface area contributed by atoms with Gasteiger partial charge in [0.1, 0.15) is 5.75 Å². The normalized spacial score (nSPS) is 10.2. The molecule has 0 aromatic heterocycles. The van der Waals surface area contributed by atoms with Crippen molar-refractivity contribution < 1.29 is 14.6 Å². The molecular weight excluding hydrogens is 272 g/mol. The van der Waals surface area contributed by atoms with Crippen molar-refractivity contribution in [3.05, 3.63) is 27.2 Å². The summed E-state index contributed by atoms with van der Waals surface area (Å²) in [6, 6.07) is 2.00. The predicted octanol–water partition coefficient (Wildman–Crippen LogP) is 3.09. The standard InChI is InChI=1S/C12H15BrO3/c1-7-6-10(13)8(2)12(16-3)9(7)4-5-11(14)15/h6H,4-5H2,1-3H3,(H,14,15). The van der Waals surface area contributed by atoms with Crippen LogP contribution in [-0.4, -0.2) is 18.2 Å². The summed E-state index contributed by atoms with van der Waals surface area (Å²) in [7, 11) is 1.61. The van der Waals surface area contributed by atoms with Crippen molar-refractivity contribution in [2.75, 3.05) is 7.11 Å². The molecule has 3 nitrogen and oxygen atoms in total. The topological polar surface area (TPSA) is 46.5 Å². The van der Waals surface area contributed by atoms with E-state index in [0.29, 0.717) is 6.42 Å². The number of hydrogen-bond donors (Lipinski definition) is 1. The largest absolute Gasteiger partial charge is 0.496 e. The van der Waals surface area contributed by atoms with E-state index in [1.54, 1.807) is 7.11 Å². The highest BCUT2D eigenvalue weighted by molar-refractivity contribution is 9.10. The minimum atomic E-state index is -0.790. The molecule has 0 spiro atoms. The smallest absolute Gasteiger partial charge is 0.303 e. The lowest BCUT2D eigenvalue weighted by Gasteiger charge is -2.15. The lowest BCUT2D eigenvalue weighted by molar-refractivity contribution is -0.136. The van der Waals surface area contributed by atoms with Gasteiger partial charge in [-0.05, 0) is 37.5 Å². The van der Waals surface area contributed by atoms with Gasteiger partial charge in [-0.1, -0.05) is 15.9 Å². The average Bonchev–Trinajstić information content (AvgIpc) is 2.21. The van der Waals surface area contributed by atoms with Crippen LogP contribution in [0.2, 0.25) is 0 Å². The molecule has 88 valence electrons. The first-order chi connectivity index (χ1) is 7.47. The van der Waals surface area contributed by atoms with Crippen LogP contribution in [0, 0.1) is 13.8 Å². The number of carboxylic acid groups (broad SMARTS) is 1. The number of rotatable bonds is 4. The summed E-state index contributed by atoms with van der Waals surface area (Å²) in [4.78, 5) is 10.6. The Bertz CT molecular complexity index is 413. The molecule has 1 aromatic carbocycles. The summed E-state index contributed by atoms with van der Waals surface area (Å²) >= 11 is 3.46. The Balaban J connectivity index is 3.15. The van der Waals surface area contributed by atoms with Crippen molar-refractivity contribution >= 4 is 21.9 Å². The second-order valence-corrected chi connectivity index (χ2v) is 4.56. The summed E-state index contributed by atoms with van der Waals surface area (Å²) in [6.45, 7) is 3.91. The van der Waals surface area contributed by atoms with E-state index in [0.717, 1.165) is 26.9 Å². The van der Waals surface area contributed by atoms with Gasteiger partial charge in [-0.15, -0.1) is 0 Å². The highest BCUT2D eigenvalue weighted by atomic mass is 79.9. The molecule has 0 atom stereocenters. The van der Waals surface area contributed by atoms with Gasteiger partial charge in [-0.3, -0.25) is 4.79 Å². The molecule has 1 rings (SSSR count). The maximum Gasteiger partial charge on any atom is 0.303 e. The fourth-order valence-corrected chi connectivity index (χ4v) is 2.24. The number of methoxy groups -OCH3 is 1. The zero-order valence-electron chi connectivity index (χ0n) is 9.63. The molecule has 0 fully saturated rings. The molecule has 0 amide bonds. The summed E-state index contributed by atoms with van der Waals surface area (Å²) in [5.41, 5.74) is 3.04. The van der Waals surface area contributed by atoms with Gasteiger partial charge in [-0.25, -0.2) is 0 Å². The number of aliphatic carboxylic acids is 1. The minimum absolute atomic E-state index is 0.123. The third-order valence-electron chi connectivity index (χ3n) is 2.59. The van der Waals surface area contributed by atoms with E-state index < -0.39 is 5.97 Å². The highest BCUT2D eigenvalue weighted by Crippen LogP contribution is 2.33. The van der Waals surface area contributed by atoms with Gasteiger partial charge >= 0.3 is 5.97 Å². The molecule has 0 bridgehead atoms. The molecule has 4 heteroatoms. The van der Waals surface area contributed by atoms with Gasteiger partial charge in [-0.2, -0.15) is 0 Å². The first kappa shape index (κ1) is 13.0. The zero-order chi connectivity index (χ0) is 12.3. The van der Waals surface area contributed by atoms with Gasteiger partial charge in [0, 0.05) is 16.5 Å². The molecule has 0 aliphatic rings. The minimum Gasteiger partial charge on any atom is -0.496 e. The van der Waals surface area contributed by atoms with E-state index >= 15 is 0 Å². The fourth-order valence-electron chi connectivity index (χ4n) is 1.72. The maximum atomic E-state index is 10.6. The van der Waals surface area contributed by atoms with Crippen molar-refractivity contribution in [2.45, 2.75) is 26.7 Å². The summed E-state index contributed by atoms with van der Waals surface area (Å²) in [6.07, 6.45) is 0.622. The first-order valence-electron chi connectivity index (χ1n) is 5.01. The van der Waals surface area contributed by atoms with Crippen LogP contribution in [0.15, 0.2) is 10.5 Å². The third-order valence-corrected chi connectivity index (χ3v) is 3.41. The number of carboxylic acids is 1. The molecule has 0 radical (unpaired) electrons. The van der Waals surface area contributed by atoms with Crippen molar-refractivity contribution in [2.24, 2.45) is 0 Å².